The molecule has 5 nitrogen and oxygen atoms in total. The van der Waals surface area contributed by atoms with E-state index in [1.165, 1.54) is 41.3 Å². The molecule has 1 atom stereocenters. The van der Waals surface area contributed by atoms with E-state index in [2.05, 4.69) is 13.8 Å². The van der Waals surface area contributed by atoms with E-state index in [-0.39, 0.29) is 36.8 Å². The lowest BCUT2D eigenvalue weighted by Gasteiger charge is -2.37. The number of hydrogen-bond donors (Lipinski definition) is 0. The van der Waals surface area contributed by atoms with Gasteiger partial charge in [-0.25, -0.2) is 8.78 Å². The van der Waals surface area contributed by atoms with Gasteiger partial charge in [0.25, 0.3) is 5.91 Å². The first-order chi connectivity index (χ1) is 17.3. The molecule has 3 aromatic rings. The minimum Gasteiger partial charge on any atom is -0.491 e. The number of thiophene rings is 1. The van der Waals surface area contributed by atoms with Crippen molar-refractivity contribution in [1.29, 1.82) is 0 Å². The van der Waals surface area contributed by atoms with E-state index in [9.17, 15) is 18.4 Å². The molecule has 0 radical (unpaired) electrons. The van der Waals surface area contributed by atoms with E-state index in [1.54, 1.807) is 33.3 Å². The number of nitrogens with zero attached hydrogens (tertiary/aromatic N) is 2. The SMILES string of the molecule is CC(C)CCN(CC(=O)N1CCc2sccc2[C@@H]1COc1cccc(F)c1)C(=O)c1ccc(F)cc1. The Labute approximate surface area is 214 Å². The van der Waals surface area contributed by atoms with Gasteiger partial charge in [0.2, 0.25) is 5.91 Å². The topological polar surface area (TPSA) is 49.9 Å². The fraction of sp³-hybridized carbons (Fsp3) is 0.357. The minimum atomic E-state index is -0.419. The van der Waals surface area contributed by atoms with Crippen LogP contribution in [-0.4, -0.2) is 47.9 Å². The van der Waals surface area contributed by atoms with Crippen LogP contribution in [0.15, 0.2) is 60.0 Å². The van der Waals surface area contributed by atoms with Gasteiger partial charge in [0, 0.05) is 29.6 Å². The molecule has 2 aromatic carbocycles. The molecule has 1 aliphatic heterocycles. The molecule has 0 fully saturated rings. The van der Waals surface area contributed by atoms with Gasteiger partial charge in [0.15, 0.2) is 0 Å². The number of amides is 2. The molecule has 36 heavy (non-hydrogen) atoms. The Morgan fingerprint density at radius 3 is 2.61 bits per heavy atom. The molecule has 190 valence electrons. The quantitative estimate of drug-likeness (QED) is 0.369. The lowest BCUT2D eigenvalue weighted by Crippen LogP contribution is -2.48. The number of fused-ring (bicyclic) bond motifs is 1. The van der Waals surface area contributed by atoms with Crippen molar-refractivity contribution in [1.82, 2.24) is 9.80 Å². The number of carbonyl (C=O) groups excluding carboxylic acids is 2. The number of hydrogen-bond acceptors (Lipinski definition) is 4. The van der Waals surface area contributed by atoms with Gasteiger partial charge in [0.05, 0.1) is 6.04 Å². The van der Waals surface area contributed by atoms with Gasteiger partial charge >= 0.3 is 0 Å². The third-order valence-corrected chi connectivity index (χ3v) is 7.30. The molecule has 0 bridgehead atoms. The van der Waals surface area contributed by atoms with Crippen molar-refractivity contribution in [3.8, 4) is 5.75 Å². The summed E-state index contributed by atoms with van der Waals surface area (Å²) in [6.45, 7) is 5.14. The van der Waals surface area contributed by atoms with E-state index in [0.29, 0.717) is 30.3 Å². The summed E-state index contributed by atoms with van der Waals surface area (Å²) in [6, 6.07) is 13.0. The second-order valence-corrected chi connectivity index (χ2v) is 10.3. The molecule has 0 saturated heterocycles. The molecular formula is C28H30F2N2O3S. The highest BCUT2D eigenvalue weighted by Gasteiger charge is 2.33. The molecule has 2 heterocycles. The third-order valence-electron chi connectivity index (χ3n) is 6.30. The van der Waals surface area contributed by atoms with Gasteiger partial charge in [-0.1, -0.05) is 19.9 Å². The van der Waals surface area contributed by atoms with Gasteiger partial charge < -0.3 is 14.5 Å². The minimum absolute atomic E-state index is 0.0845. The van der Waals surface area contributed by atoms with Crippen LogP contribution >= 0.6 is 11.3 Å². The predicted molar refractivity (Wildman–Crippen MR) is 136 cm³/mol. The number of carbonyl (C=O) groups is 2. The molecule has 0 N–H and O–H groups in total. The second kappa shape index (κ2) is 11.6. The third kappa shape index (κ3) is 6.29. The molecule has 4 rings (SSSR count). The van der Waals surface area contributed by atoms with Crippen LogP contribution in [0.25, 0.3) is 0 Å². The van der Waals surface area contributed by atoms with Gasteiger partial charge in [0.1, 0.15) is 30.5 Å². The fourth-order valence-corrected chi connectivity index (χ4v) is 5.23. The maximum atomic E-state index is 13.6. The molecule has 8 heteroatoms. The highest BCUT2D eigenvalue weighted by molar-refractivity contribution is 7.10. The zero-order valence-corrected chi connectivity index (χ0v) is 21.3. The molecule has 0 saturated carbocycles. The fourth-order valence-electron chi connectivity index (χ4n) is 4.30. The Balaban J connectivity index is 1.53. The summed E-state index contributed by atoms with van der Waals surface area (Å²) in [4.78, 5) is 31.4. The maximum Gasteiger partial charge on any atom is 0.254 e. The van der Waals surface area contributed by atoms with Crippen LogP contribution in [0.1, 0.15) is 47.1 Å². The smallest absolute Gasteiger partial charge is 0.254 e. The summed E-state index contributed by atoms with van der Waals surface area (Å²) < 4.78 is 32.9. The Morgan fingerprint density at radius 1 is 1.11 bits per heavy atom. The number of benzene rings is 2. The Kier molecular flexibility index (Phi) is 8.36. The number of ether oxygens (including phenoxy) is 1. The van der Waals surface area contributed by atoms with Crippen molar-refractivity contribution in [2.24, 2.45) is 5.92 Å². The van der Waals surface area contributed by atoms with Crippen LogP contribution in [0.3, 0.4) is 0 Å². The van der Waals surface area contributed by atoms with Crippen molar-refractivity contribution in [3.63, 3.8) is 0 Å². The first-order valence-corrected chi connectivity index (χ1v) is 13.0. The predicted octanol–water partition coefficient (Wildman–Crippen LogP) is 5.72. The molecular weight excluding hydrogens is 482 g/mol. The molecule has 0 aliphatic carbocycles. The van der Waals surface area contributed by atoms with Crippen LogP contribution in [-0.2, 0) is 11.2 Å². The summed E-state index contributed by atoms with van der Waals surface area (Å²) in [7, 11) is 0. The Morgan fingerprint density at radius 2 is 1.89 bits per heavy atom. The Hall–Kier alpha value is -3.26. The van der Waals surface area contributed by atoms with E-state index >= 15 is 0 Å². The average Bonchev–Trinajstić information content (AvgIpc) is 3.34. The Bertz CT molecular complexity index is 1200. The van der Waals surface area contributed by atoms with Crippen molar-refractivity contribution < 1.29 is 23.1 Å². The van der Waals surface area contributed by atoms with Crippen LogP contribution < -0.4 is 4.74 Å². The maximum absolute atomic E-state index is 13.6. The summed E-state index contributed by atoms with van der Waals surface area (Å²) >= 11 is 1.65. The highest BCUT2D eigenvalue weighted by atomic mass is 32.1. The van der Waals surface area contributed by atoms with Crippen LogP contribution in [0, 0.1) is 17.6 Å². The second-order valence-electron chi connectivity index (χ2n) is 9.34. The van der Waals surface area contributed by atoms with Crippen molar-refractivity contribution in [2.75, 3.05) is 26.2 Å². The lowest BCUT2D eigenvalue weighted by atomic mass is 10.00. The number of halogens is 2. The lowest BCUT2D eigenvalue weighted by molar-refractivity contribution is -0.135. The van der Waals surface area contributed by atoms with Crippen LogP contribution in [0.4, 0.5) is 8.78 Å². The molecule has 0 unspecified atom stereocenters. The molecule has 1 aliphatic rings. The molecule has 1 aromatic heterocycles. The van der Waals surface area contributed by atoms with Gasteiger partial charge in [-0.15, -0.1) is 11.3 Å². The van der Waals surface area contributed by atoms with Crippen molar-refractivity contribution >= 4 is 23.2 Å². The van der Waals surface area contributed by atoms with Crippen molar-refractivity contribution in [3.05, 3.63) is 87.6 Å². The average molecular weight is 513 g/mol. The summed E-state index contributed by atoms with van der Waals surface area (Å²) in [5.41, 5.74) is 1.37. The summed E-state index contributed by atoms with van der Waals surface area (Å²) in [5.74, 6) is -0.546. The summed E-state index contributed by atoms with van der Waals surface area (Å²) in [6.07, 6.45) is 1.47. The first kappa shape index (κ1) is 25.8. The van der Waals surface area contributed by atoms with Crippen molar-refractivity contribution in [2.45, 2.75) is 32.7 Å². The monoisotopic (exact) mass is 512 g/mol. The summed E-state index contributed by atoms with van der Waals surface area (Å²) in [5, 5.41) is 2.00. The van der Waals surface area contributed by atoms with Crippen LogP contribution in [0.5, 0.6) is 5.75 Å². The van der Waals surface area contributed by atoms with E-state index in [4.69, 9.17) is 4.74 Å². The van der Waals surface area contributed by atoms with Gasteiger partial charge in [-0.05, 0) is 72.2 Å². The van der Waals surface area contributed by atoms with Gasteiger partial charge in [-0.2, -0.15) is 0 Å². The van der Waals surface area contributed by atoms with E-state index in [0.717, 1.165) is 18.4 Å². The molecule has 2 amide bonds. The highest BCUT2D eigenvalue weighted by Crippen LogP contribution is 2.34. The van der Waals surface area contributed by atoms with E-state index in [1.807, 2.05) is 11.4 Å². The largest absolute Gasteiger partial charge is 0.491 e. The standard InChI is InChI=1S/C28H30F2N2O3S/c1-19(2)10-13-31(28(34)20-6-8-21(29)9-7-20)17-27(33)32-14-11-26-24(12-15-36-26)25(32)18-35-23-5-3-4-22(30)16-23/h3-9,12,15-16,19,25H,10-11,13-14,17-18H2,1-2H3/t25-/m0/s1. The zero-order valence-electron chi connectivity index (χ0n) is 20.5. The normalized spacial score (nSPS) is 15.0. The van der Waals surface area contributed by atoms with Gasteiger partial charge in [-0.3, -0.25) is 9.59 Å². The van der Waals surface area contributed by atoms with E-state index < -0.39 is 5.82 Å². The zero-order chi connectivity index (χ0) is 25.7. The number of rotatable bonds is 9. The molecule has 0 spiro atoms. The van der Waals surface area contributed by atoms with Crippen LogP contribution in [0.2, 0.25) is 0 Å². The first-order valence-electron chi connectivity index (χ1n) is 12.1.